The summed E-state index contributed by atoms with van der Waals surface area (Å²) in [7, 11) is 0. The second kappa shape index (κ2) is 12.3. The number of pyridine rings is 1. The minimum absolute atomic E-state index is 0.0125. The van der Waals surface area contributed by atoms with Gasteiger partial charge in [-0.1, -0.05) is 164 Å². The molecule has 10 aromatic rings. The van der Waals surface area contributed by atoms with Crippen molar-refractivity contribution < 1.29 is 4.42 Å². The molecule has 0 spiro atoms. The van der Waals surface area contributed by atoms with Gasteiger partial charge in [-0.25, -0.2) is 4.98 Å². The van der Waals surface area contributed by atoms with E-state index >= 15 is 0 Å². The Morgan fingerprint density at radius 1 is 0.370 bits per heavy atom. The molecule has 1 aliphatic carbocycles. The lowest BCUT2D eigenvalue weighted by atomic mass is 9.86. The Morgan fingerprint density at radius 2 is 0.944 bits per heavy atom. The Bertz CT molecular complexity index is 2940. The molecule has 0 radical (unpaired) electrons. The van der Waals surface area contributed by atoms with Crippen LogP contribution in [0.5, 0.6) is 0 Å². The highest BCUT2D eigenvalue weighted by molar-refractivity contribution is 6.16. The lowest BCUT2D eigenvalue weighted by molar-refractivity contribution is 0.661. The van der Waals surface area contributed by atoms with Crippen LogP contribution in [-0.4, -0.2) is 4.98 Å². The van der Waals surface area contributed by atoms with Crippen LogP contribution in [0.15, 0.2) is 199 Å². The van der Waals surface area contributed by atoms with Crippen molar-refractivity contribution in [1.82, 2.24) is 4.98 Å². The van der Waals surface area contributed by atoms with Gasteiger partial charge in [-0.2, -0.15) is 0 Å². The second-order valence-electron chi connectivity index (χ2n) is 14.2. The number of fused-ring (bicyclic) bond motifs is 7. The topological polar surface area (TPSA) is 26.0 Å². The number of rotatable bonds is 5. The van der Waals surface area contributed by atoms with E-state index in [1.54, 1.807) is 0 Å². The Hall–Kier alpha value is -7.03. The van der Waals surface area contributed by atoms with E-state index in [0.29, 0.717) is 0 Å². The summed E-state index contributed by atoms with van der Waals surface area (Å²) in [6.07, 6.45) is 0. The molecule has 2 aromatic heterocycles. The predicted octanol–water partition coefficient (Wildman–Crippen LogP) is 14.0. The first kappa shape index (κ1) is 30.6. The molecule has 2 heterocycles. The Balaban J connectivity index is 1.16. The van der Waals surface area contributed by atoms with Gasteiger partial charge in [-0.05, 0) is 86.0 Å². The summed E-state index contributed by atoms with van der Waals surface area (Å²) in [4.78, 5) is 5.11. The summed E-state index contributed by atoms with van der Waals surface area (Å²) in [5.74, 6) is -0.0125. The van der Waals surface area contributed by atoms with E-state index in [2.05, 4.69) is 188 Å². The smallest absolute Gasteiger partial charge is 0.139 e. The number of para-hydroxylation sites is 2. The van der Waals surface area contributed by atoms with Crippen molar-refractivity contribution in [3.8, 4) is 55.8 Å². The summed E-state index contributed by atoms with van der Waals surface area (Å²) in [5, 5.41) is 3.36. The van der Waals surface area contributed by atoms with Gasteiger partial charge in [0.1, 0.15) is 11.2 Å². The number of aromatic nitrogens is 1. The summed E-state index contributed by atoms with van der Waals surface area (Å²) >= 11 is 0. The number of benzene rings is 8. The fourth-order valence-electron chi connectivity index (χ4n) is 8.69. The lowest BCUT2D eigenvalue weighted by Crippen LogP contribution is -2.00. The molecule has 0 amide bonds. The number of hydrogen-bond donors (Lipinski definition) is 0. The highest BCUT2D eigenvalue weighted by atomic mass is 16.3. The first-order chi connectivity index (χ1) is 26.8. The molecule has 2 nitrogen and oxygen atoms in total. The summed E-state index contributed by atoms with van der Waals surface area (Å²) < 4.78 is 7.03. The molecule has 0 fully saturated rings. The van der Waals surface area contributed by atoms with Crippen molar-refractivity contribution in [2.24, 2.45) is 0 Å². The minimum atomic E-state index is -0.0125. The van der Waals surface area contributed by atoms with Crippen molar-refractivity contribution in [2.45, 2.75) is 5.92 Å². The fourth-order valence-corrected chi connectivity index (χ4v) is 8.69. The quantitative estimate of drug-likeness (QED) is 0.180. The zero-order valence-corrected chi connectivity index (χ0v) is 29.4. The van der Waals surface area contributed by atoms with Crippen LogP contribution in [-0.2, 0) is 0 Å². The standard InChI is InChI=1S/C52H33NO/c1-4-14-33(15-5-1)36-26-28-38-39-29-27-37(34-16-6-2-7-17-34)31-46(39)50(45(38)30-36)42-22-12-23-43-51-41(21-13-25-49(51)54-52(42)43)44-32-48(35-18-8-3-9-19-35)53-47-24-11-10-20-40(44)47/h1-32,50H. The molecule has 0 bridgehead atoms. The van der Waals surface area contributed by atoms with Gasteiger partial charge in [0.2, 0.25) is 0 Å². The average molecular weight is 688 g/mol. The van der Waals surface area contributed by atoms with Gasteiger partial charge >= 0.3 is 0 Å². The molecule has 0 saturated carbocycles. The van der Waals surface area contributed by atoms with Crippen LogP contribution in [0.2, 0.25) is 0 Å². The van der Waals surface area contributed by atoms with Crippen molar-refractivity contribution in [1.29, 1.82) is 0 Å². The van der Waals surface area contributed by atoms with Gasteiger partial charge in [0.05, 0.1) is 11.2 Å². The van der Waals surface area contributed by atoms with Gasteiger partial charge in [0.25, 0.3) is 0 Å². The molecule has 54 heavy (non-hydrogen) atoms. The van der Waals surface area contributed by atoms with E-state index < -0.39 is 0 Å². The molecule has 2 heteroatoms. The summed E-state index contributed by atoms with van der Waals surface area (Å²) in [5.41, 5.74) is 18.3. The molecular weight excluding hydrogens is 655 g/mol. The molecule has 11 rings (SSSR count). The SMILES string of the molecule is c1ccc(-c2ccc3c(c2)C(c2cccc4c2oc2cccc(-c5cc(-c6ccccc6)nc6ccccc56)c24)c2cc(-c4ccccc4)ccc2-3)cc1. The maximum Gasteiger partial charge on any atom is 0.139 e. The zero-order chi connectivity index (χ0) is 35.6. The third kappa shape index (κ3) is 4.84. The van der Waals surface area contributed by atoms with E-state index in [9.17, 15) is 0 Å². The maximum absolute atomic E-state index is 7.03. The van der Waals surface area contributed by atoms with Crippen LogP contribution in [0.4, 0.5) is 0 Å². The van der Waals surface area contributed by atoms with Crippen LogP contribution < -0.4 is 0 Å². The van der Waals surface area contributed by atoms with Crippen LogP contribution in [0.3, 0.4) is 0 Å². The van der Waals surface area contributed by atoms with E-state index in [1.165, 1.54) is 50.1 Å². The highest BCUT2D eigenvalue weighted by Crippen LogP contribution is 2.52. The molecule has 0 unspecified atom stereocenters. The van der Waals surface area contributed by atoms with Crippen LogP contribution in [0.1, 0.15) is 22.6 Å². The Labute approximate surface area is 313 Å². The minimum Gasteiger partial charge on any atom is -0.456 e. The first-order valence-electron chi connectivity index (χ1n) is 18.6. The van der Waals surface area contributed by atoms with Crippen molar-refractivity contribution in [3.05, 3.63) is 211 Å². The largest absolute Gasteiger partial charge is 0.456 e. The van der Waals surface area contributed by atoms with Gasteiger partial charge in [-0.3, -0.25) is 0 Å². The van der Waals surface area contributed by atoms with Gasteiger partial charge in [0.15, 0.2) is 0 Å². The Kier molecular flexibility index (Phi) is 6.96. The highest BCUT2D eigenvalue weighted by Gasteiger charge is 2.33. The number of furan rings is 1. The lowest BCUT2D eigenvalue weighted by Gasteiger charge is -2.17. The third-order valence-electron chi connectivity index (χ3n) is 11.2. The van der Waals surface area contributed by atoms with Crippen molar-refractivity contribution in [3.63, 3.8) is 0 Å². The monoisotopic (exact) mass is 687 g/mol. The Morgan fingerprint density at radius 3 is 1.61 bits per heavy atom. The summed E-state index contributed by atoms with van der Waals surface area (Å²) in [6.45, 7) is 0. The zero-order valence-electron chi connectivity index (χ0n) is 29.4. The average Bonchev–Trinajstić information content (AvgIpc) is 3.79. The van der Waals surface area contributed by atoms with Gasteiger partial charge in [0, 0.05) is 33.2 Å². The molecule has 252 valence electrons. The normalized spacial score (nSPS) is 12.4. The molecule has 0 atom stereocenters. The molecule has 8 aromatic carbocycles. The van der Waals surface area contributed by atoms with Crippen LogP contribution in [0.25, 0.3) is 88.6 Å². The third-order valence-corrected chi connectivity index (χ3v) is 11.2. The van der Waals surface area contributed by atoms with Crippen LogP contribution >= 0.6 is 0 Å². The van der Waals surface area contributed by atoms with Crippen LogP contribution in [0, 0.1) is 0 Å². The van der Waals surface area contributed by atoms with Crippen molar-refractivity contribution >= 4 is 32.8 Å². The predicted molar refractivity (Wildman–Crippen MR) is 224 cm³/mol. The molecule has 0 saturated heterocycles. The van der Waals surface area contributed by atoms with E-state index in [4.69, 9.17) is 9.40 Å². The molecular formula is C52H33NO. The van der Waals surface area contributed by atoms with E-state index in [0.717, 1.165) is 55.2 Å². The summed E-state index contributed by atoms with van der Waals surface area (Å²) in [6, 6.07) is 69.7. The van der Waals surface area contributed by atoms with E-state index in [1.807, 2.05) is 6.07 Å². The fraction of sp³-hybridized carbons (Fsp3) is 0.0192. The second-order valence-corrected chi connectivity index (χ2v) is 14.2. The van der Waals surface area contributed by atoms with E-state index in [-0.39, 0.29) is 5.92 Å². The molecule has 0 aliphatic heterocycles. The van der Waals surface area contributed by atoms with Crippen molar-refractivity contribution in [2.75, 3.05) is 0 Å². The molecule has 1 aliphatic rings. The number of nitrogens with zero attached hydrogens (tertiary/aromatic N) is 1. The first-order valence-corrected chi connectivity index (χ1v) is 18.6. The van der Waals surface area contributed by atoms with Gasteiger partial charge in [-0.15, -0.1) is 0 Å². The number of hydrogen-bond acceptors (Lipinski definition) is 2. The molecule has 0 N–H and O–H groups in total. The maximum atomic E-state index is 7.03. The van der Waals surface area contributed by atoms with Gasteiger partial charge < -0.3 is 4.42 Å².